The molecule has 0 aliphatic heterocycles. The molecule has 0 radical (unpaired) electrons. The van der Waals surface area contributed by atoms with Crippen molar-refractivity contribution in [1.29, 1.82) is 5.26 Å². The molecule has 4 heteroatoms. The summed E-state index contributed by atoms with van der Waals surface area (Å²) in [4.78, 5) is 0. The Morgan fingerprint density at radius 1 is 1.50 bits per heavy atom. The molecule has 1 rings (SSSR count). The second-order valence-electron chi connectivity index (χ2n) is 4.30. The number of nitriles is 1. The number of benzene rings is 1. The van der Waals surface area contributed by atoms with E-state index in [9.17, 15) is 4.39 Å². The summed E-state index contributed by atoms with van der Waals surface area (Å²) >= 11 is 5.75. The van der Waals surface area contributed by atoms with Crippen LogP contribution < -0.4 is 5.32 Å². The van der Waals surface area contributed by atoms with E-state index < -0.39 is 5.41 Å². The molecule has 1 N–H and O–H groups in total. The van der Waals surface area contributed by atoms with Gasteiger partial charge in [-0.1, -0.05) is 11.6 Å². The largest absolute Gasteiger partial charge is 0.383 e. The monoisotopic (exact) mass is 240 g/mol. The third-order valence-electron chi connectivity index (χ3n) is 2.30. The first-order valence-electron chi connectivity index (χ1n) is 5.05. The van der Waals surface area contributed by atoms with Crippen LogP contribution in [-0.2, 0) is 0 Å². The number of anilines is 1. The Hall–Kier alpha value is -1.27. The molecule has 0 heterocycles. The molecule has 86 valence electrons. The van der Waals surface area contributed by atoms with E-state index in [1.165, 1.54) is 18.2 Å². The van der Waals surface area contributed by atoms with Gasteiger partial charge >= 0.3 is 0 Å². The molecule has 0 unspecified atom stereocenters. The Labute approximate surface area is 100 Å². The quantitative estimate of drug-likeness (QED) is 0.868. The second kappa shape index (κ2) is 5.18. The van der Waals surface area contributed by atoms with Gasteiger partial charge in [0.15, 0.2) is 0 Å². The number of rotatable bonds is 4. The predicted octanol–water partition coefficient (Wildman–Crippen LogP) is 3.83. The Morgan fingerprint density at radius 3 is 2.81 bits per heavy atom. The lowest BCUT2D eigenvalue weighted by Gasteiger charge is -2.16. The summed E-state index contributed by atoms with van der Waals surface area (Å²) in [5.74, 6) is -0.334. The van der Waals surface area contributed by atoms with Crippen LogP contribution in [0.25, 0.3) is 0 Å². The molecule has 0 spiro atoms. The number of nitrogens with one attached hydrogen (secondary N) is 1. The van der Waals surface area contributed by atoms with Gasteiger partial charge in [0.25, 0.3) is 0 Å². The third-order valence-corrected chi connectivity index (χ3v) is 2.53. The van der Waals surface area contributed by atoms with E-state index in [4.69, 9.17) is 16.9 Å². The van der Waals surface area contributed by atoms with Crippen molar-refractivity contribution in [2.45, 2.75) is 20.3 Å². The van der Waals surface area contributed by atoms with Gasteiger partial charge in [0.1, 0.15) is 5.82 Å². The standard InChI is InChI=1S/C12H14ClFN2/c1-12(2,8-15)5-6-16-11-7-9(13)3-4-10(11)14/h3-4,7,16H,5-6H2,1-2H3. The molecule has 0 aromatic heterocycles. The van der Waals surface area contributed by atoms with E-state index in [2.05, 4.69) is 11.4 Å². The lowest BCUT2D eigenvalue weighted by atomic mass is 9.91. The van der Waals surface area contributed by atoms with Gasteiger partial charge in [0.2, 0.25) is 0 Å². The summed E-state index contributed by atoms with van der Waals surface area (Å²) < 4.78 is 13.3. The molecule has 2 nitrogen and oxygen atoms in total. The highest BCUT2D eigenvalue weighted by Gasteiger charge is 2.15. The first-order valence-corrected chi connectivity index (χ1v) is 5.42. The van der Waals surface area contributed by atoms with E-state index in [1.807, 2.05) is 13.8 Å². The molecule has 0 saturated carbocycles. The van der Waals surface area contributed by atoms with Gasteiger partial charge in [-0.15, -0.1) is 0 Å². The summed E-state index contributed by atoms with van der Waals surface area (Å²) in [7, 11) is 0. The van der Waals surface area contributed by atoms with Crippen LogP contribution in [0.5, 0.6) is 0 Å². The highest BCUT2D eigenvalue weighted by atomic mass is 35.5. The van der Waals surface area contributed by atoms with Gasteiger partial charge in [0, 0.05) is 11.6 Å². The molecule has 0 atom stereocenters. The fourth-order valence-electron chi connectivity index (χ4n) is 1.20. The second-order valence-corrected chi connectivity index (χ2v) is 4.73. The highest BCUT2D eigenvalue weighted by Crippen LogP contribution is 2.22. The fourth-order valence-corrected chi connectivity index (χ4v) is 1.37. The first-order chi connectivity index (χ1) is 7.44. The molecule has 16 heavy (non-hydrogen) atoms. The molecule has 1 aromatic carbocycles. The van der Waals surface area contributed by atoms with Crippen molar-refractivity contribution in [3.63, 3.8) is 0 Å². The van der Waals surface area contributed by atoms with Gasteiger partial charge in [-0.3, -0.25) is 0 Å². The molecule has 0 fully saturated rings. The zero-order valence-electron chi connectivity index (χ0n) is 9.35. The van der Waals surface area contributed by atoms with E-state index in [0.29, 0.717) is 23.7 Å². The van der Waals surface area contributed by atoms with Crippen molar-refractivity contribution in [3.8, 4) is 6.07 Å². The summed E-state index contributed by atoms with van der Waals surface area (Å²) in [6, 6.07) is 6.55. The molecule has 0 aliphatic carbocycles. The van der Waals surface area contributed by atoms with Crippen molar-refractivity contribution < 1.29 is 4.39 Å². The van der Waals surface area contributed by atoms with E-state index in [1.54, 1.807) is 0 Å². The Morgan fingerprint density at radius 2 is 2.19 bits per heavy atom. The number of nitrogens with zero attached hydrogens (tertiary/aromatic N) is 1. The van der Waals surface area contributed by atoms with Crippen LogP contribution in [-0.4, -0.2) is 6.54 Å². The van der Waals surface area contributed by atoms with Crippen LogP contribution in [0.1, 0.15) is 20.3 Å². The molecule has 0 aliphatic rings. The third kappa shape index (κ3) is 3.71. The van der Waals surface area contributed by atoms with Gasteiger partial charge in [0.05, 0.1) is 17.2 Å². The topological polar surface area (TPSA) is 35.8 Å². The number of hydrogen-bond donors (Lipinski definition) is 1. The van der Waals surface area contributed by atoms with Crippen LogP contribution in [0.4, 0.5) is 10.1 Å². The fraction of sp³-hybridized carbons (Fsp3) is 0.417. The van der Waals surface area contributed by atoms with Crippen molar-refractivity contribution in [3.05, 3.63) is 29.0 Å². The van der Waals surface area contributed by atoms with Crippen LogP contribution in [0.3, 0.4) is 0 Å². The SMILES string of the molecule is CC(C)(C#N)CCNc1cc(Cl)ccc1F. The predicted molar refractivity (Wildman–Crippen MR) is 63.9 cm³/mol. The van der Waals surface area contributed by atoms with E-state index in [0.717, 1.165) is 0 Å². The maximum Gasteiger partial charge on any atom is 0.146 e. The zero-order chi connectivity index (χ0) is 12.2. The van der Waals surface area contributed by atoms with Gasteiger partial charge in [-0.25, -0.2) is 4.39 Å². The van der Waals surface area contributed by atoms with Crippen LogP contribution in [0.15, 0.2) is 18.2 Å². The minimum absolute atomic E-state index is 0.334. The molecular weight excluding hydrogens is 227 g/mol. The molecular formula is C12H14ClFN2. The first kappa shape index (κ1) is 12.8. The summed E-state index contributed by atoms with van der Waals surface area (Å²) in [5, 5.41) is 12.2. The van der Waals surface area contributed by atoms with Gasteiger partial charge < -0.3 is 5.32 Å². The Bertz CT molecular complexity index is 410. The Balaban J connectivity index is 2.56. The van der Waals surface area contributed by atoms with E-state index >= 15 is 0 Å². The Kier molecular flexibility index (Phi) is 4.14. The summed E-state index contributed by atoms with van der Waals surface area (Å²) in [6.45, 7) is 4.24. The average Bonchev–Trinajstić information content (AvgIpc) is 2.23. The van der Waals surface area contributed by atoms with Crippen molar-refractivity contribution in [2.24, 2.45) is 5.41 Å². The highest BCUT2D eigenvalue weighted by molar-refractivity contribution is 6.30. The zero-order valence-corrected chi connectivity index (χ0v) is 10.1. The van der Waals surface area contributed by atoms with Gasteiger partial charge in [-0.05, 0) is 38.5 Å². The molecule has 0 bridgehead atoms. The lowest BCUT2D eigenvalue weighted by Crippen LogP contribution is -2.15. The maximum atomic E-state index is 13.3. The number of halogens is 2. The van der Waals surface area contributed by atoms with Crippen LogP contribution in [0, 0.1) is 22.6 Å². The van der Waals surface area contributed by atoms with Crippen molar-refractivity contribution in [1.82, 2.24) is 0 Å². The molecule has 1 aromatic rings. The van der Waals surface area contributed by atoms with Crippen LogP contribution >= 0.6 is 11.6 Å². The maximum absolute atomic E-state index is 13.3. The van der Waals surface area contributed by atoms with E-state index in [-0.39, 0.29) is 5.82 Å². The minimum atomic E-state index is -0.401. The summed E-state index contributed by atoms with van der Waals surface area (Å²) in [5.41, 5.74) is -0.0246. The minimum Gasteiger partial charge on any atom is -0.383 e. The normalized spacial score (nSPS) is 10.9. The summed E-state index contributed by atoms with van der Waals surface area (Å²) in [6.07, 6.45) is 0.648. The lowest BCUT2D eigenvalue weighted by molar-refractivity contribution is 0.466. The van der Waals surface area contributed by atoms with Gasteiger partial charge in [-0.2, -0.15) is 5.26 Å². The smallest absolute Gasteiger partial charge is 0.146 e. The van der Waals surface area contributed by atoms with Crippen LogP contribution in [0.2, 0.25) is 5.02 Å². The van der Waals surface area contributed by atoms with Crippen molar-refractivity contribution in [2.75, 3.05) is 11.9 Å². The number of hydrogen-bond acceptors (Lipinski definition) is 2. The molecule has 0 saturated heterocycles. The van der Waals surface area contributed by atoms with Crippen molar-refractivity contribution >= 4 is 17.3 Å². The average molecular weight is 241 g/mol. The molecule has 0 amide bonds.